The fraction of sp³-hybridized carbons (Fsp3) is 0.625. The van der Waals surface area contributed by atoms with Gasteiger partial charge in [0.1, 0.15) is 0 Å². The summed E-state index contributed by atoms with van der Waals surface area (Å²) in [6.45, 7) is 6.62. The van der Waals surface area contributed by atoms with Crippen molar-refractivity contribution >= 4 is 5.91 Å². The molecule has 1 aliphatic rings. The molecule has 0 bridgehead atoms. The first-order valence-corrected chi connectivity index (χ1v) is 7.39. The van der Waals surface area contributed by atoms with Crippen molar-refractivity contribution < 1.29 is 9.18 Å². The first-order chi connectivity index (χ1) is 9.47. The van der Waals surface area contributed by atoms with Crippen LogP contribution in [0.25, 0.3) is 0 Å². The molecule has 1 heterocycles. The number of halogens is 1. The summed E-state index contributed by atoms with van der Waals surface area (Å²) in [7, 11) is 0. The summed E-state index contributed by atoms with van der Waals surface area (Å²) in [6, 6.07) is 2.92. The van der Waals surface area contributed by atoms with Crippen molar-refractivity contribution in [2.75, 3.05) is 0 Å². The molecule has 110 valence electrons. The van der Waals surface area contributed by atoms with Crippen molar-refractivity contribution in [2.45, 2.75) is 46.1 Å². The van der Waals surface area contributed by atoms with Crippen LogP contribution in [-0.2, 0) is 0 Å². The molecule has 1 fully saturated rings. The van der Waals surface area contributed by atoms with Crippen molar-refractivity contribution in [3.63, 3.8) is 0 Å². The van der Waals surface area contributed by atoms with Gasteiger partial charge < -0.3 is 5.32 Å². The first-order valence-electron chi connectivity index (χ1n) is 7.39. The molecule has 1 amide bonds. The van der Waals surface area contributed by atoms with Crippen molar-refractivity contribution in [1.29, 1.82) is 0 Å². The Hall–Kier alpha value is -1.45. The summed E-state index contributed by atoms with van der Waals surface area (Å²) >= 11 is 0. The van der Waals surface area contributed by atoms with Gasteiger partial charge in [-0.2, -0.15) is 4.39 Å². The van der Waals surface area contributed by atoms with Gasteiger partial charge in [0.15, 0.2) is 0 Å². The van der Waals surface area contributed by atoms with Gasteiger partial charge in [0.25, 0.3) is 5.91 Å². The molecular formula is C16H23FN2O. The maximum Gasteiger partial charge on any atom is 0.251 e. The van der Waals surface area contributed by atoms with E-state index in [2.05, 4.69) is 31.1 Å². The topological polar surface area (TPSA) is 42.0 Å². The molecule has 0 unspecified atom stereocenters. The Morgan fingerprint density at radius 2 is 2.20 bits per heavy atom. The Labute approximate surface area is 120 Å². The molecule has 0 saturated heterocycles. The molecular weight excluding hydrogens is 255 g/mol. The van der Waals surface area contributed by atoms with Gasteiger partial charge >= 0.3 is 0 Å². The quantitative estimate of drug-likeness (QED) is 0.861. The predicted octanol–water partition coefficient (Wildman–Crippen LogP) is 3.41. The number of carbonyl (C=O) groups is 1. The molecule has 4 heteroatoms. The van der Waals surface area contributed by atoms with E-state index in [9.17, 15) is 9.18 Å². The largest absolute Gasteiger partial charge is 0.349 e. The van der Waals surface area contributed by atoms with E-state index in [1.54, 1.807) is 6.07 Å². The molecule has 1 N–H and O–H groups in total. The van der Waals surface area contributed by atoms with E-state index in [1.807, 2.05) is 0 Å². The van der Waals surface area contributed by atoms with Crippen LogP contribution in [0.3, 0.4) is 0 Å². The molecule has 0 aromatic carbocycles. The van der Waals surface area contributed by atoms with Gasteiger partial charge in [0.2, 0.25) is 5.95 Å². The highest BCUT2D eigenvalue weighted by Crippen LogP contribution is 2.33. The van der Waals surface area contributed by atoms with E-state index in [0.717, 1.165) is 12.8 Å². The van der Waals surface area contributed by atoms with Gasteiger partial charge in [-0.3, -0.25) is 4.79 Å². The summed E-state index contributed by atoms with van der Waals surface area (Å²) < 4.78 is 13.1. The summed E-state index contributed by atoms with van der Waals surface area (Å²) in [6.07, 6.45) is 4.70. The highest BCUT2D eigenvalue weighted by atomic mass is 19.1. The van der Waals surface area contributed by atoms with Gasteiger partial charge in [0.05, 0.1) is 0 Å². The molecule has 3 atom stereocenters. The van der Waals surface area contributed by atoms with Crippen LogP contribution in [0, 0.1) is 23.7 Å². The van der Waals surface area contributed by atoms with Crippen molar-refractivity contribution in [3.05, 3.63) is 29.8 Å². The molecule has 1 aromatic rings. The lowest BCUT2D eigenvalue weighted by molar-refractivity contribution is 0.0867. The third kappa shape index (κ3) is 3.56. The Kier molecular flexibility index (Phi) is 4.73. The molecule has 0 radical (unpaired) electrons. The van der Waals surface area contributed by atoms with E-state index in [-0.39, 0.29) is 11.9 Å². The highest BCUT2D eigenvalue weighted by molar-refractivity contribution is 5.94. The lowest BCUT2D eigenvalue weighted by atomic mass is 9.74. The van der Waals surface area contributed by atoms with Crippen molar-refractivity contribution in [3.8, 4) is 0 Å². The highest BCUT2D eigenvalue weighted by Gasteiger charge is 2.31. The minimum absolute atomic E-state index is 0.183. The zero-order valence-electron chi connectivity index (χ0n) is 12.4. The van der Waals surface area contributed by atoms with E-state index in [1.165, 1.54) is 18.7 Å². The maximum atomic E-state index is 13.1. The minimum atomic E-state index is -0.616. The Balaban J connectivity index is 2.08. The second kappa shape index (κ2) is 6.33. The molecule has 2 rings (SSSR count). The van der Waals surface area contributed by atoms with E-state index >= 15 is 0 Å². The van der Waals surface area contributed by atoms with E-state index in [4.69, 9.17) is 0 Å². The lowest BCUT2D eigenvalue weighted by Crippen LogP contribution is -2.45. The van der Waals surface area contributed by atoms with Crippen LogP contribution >= 0.6 is 0 Å². The van der Waals surface area contributed by atoms with Gasteiger partial charge in [-0.25, -0.2) is 4.98 Å². The SMILES string of the molecule is CC(C)[C@@H]1CC[C@@H](C)C[C@H]1NC(=O)c1ccnc(F)c1. The third-order valence-electron chi connectivity index (χ3n) is 4.33. The molecule has 1 aliphatic carbocycles. The zero-order chi connectivity index (χ0) is 14.7. The van der Waals surface area contributed by atoms with Crippen LogP contribution in [0.5, 0.6) is 0 Å². The minimum Gasteiger partial charge on any atom is -0.349 e. The number of amides is 1. The maximum absolute atomic E-state index is 13.1. The molecule has 1 aromatic heterocycles. The van der Waals surface area contributed by atoms with Crippen LogP contribution in [-0.4, -0.2) is 16.9 Å². The van der Waals surface area contributed by atoms with Gasteiger partial charge in [0, 0.05) is 23.9 Å². The predicted molar refractivity (Wildman–Crippen MR) is 76.8 cm³/mol. The average Bonchev–Trinajstić information content (AvgIpc) is 2.38. The Bertz CT molecular complexity index is 475. The fourth-order valence-electron chi connectivity index (χ4n) is 3.16. The summed E-state index contributed by atoms with van der Waals surface area (Å²) in [5.41, 5.74) is 0.346. The summed E-state index contributed by atoms with van der Waals surface area (Å²) in [4.78, 5) is 15.7. The van der Waals surface area contributed by atoms with Crippen LogP contribution in [0.2, 0.25) is 0 Å². The van der Waals surface area contributed by atoms with Gasteiger partial charge in [-0.1, -0.05) is 27.2 Å². The number of aromatic nitrogens is 1. The Morgan fingerprint density at radius 1 is 1.45 bits per heavy atom. The summed E-state index contributed by atoms with van der Waals surface area (Å²) in [5.74, 6) is 0.861. The molecule has 20 heavy (non-hydrogen) atoms. The smallest absolute Gasteiger partial charge is 0.251 e. The first kappa shape index (κ1) is 14.9. The van der Waals surface area contributed by atoms with Crippen LogP contribution in [0.1, 0.15) is 50.4 Å². The standard InChI is InChI=1S/C16H23FN2O/c1-10(2)13-5-4-11(3)8-14(13)19-16(20)12-6-7-18-15(17)9-12/h6-7,9-11,13-14H,4-5,8H2,1-3H3,(H,19,20)/t11-,13+,14-/m1/s1. The zero-order valence-corrected chi connectivity index (χ0v) is 12.4. The van der Waals surface area contributed by atoms with E-state index < -0.39 is 5.95 Å². The molecule has 0 spiro atoms. The third-order valence-corrected chi connectivity index (χ3v) is 4.33. The lowest BCUT2D eigenvalue weighted by Gasteiger charge is -2.37. The second-order valence-electron chi connectivity index (χ2n) is 6.27. The Morgan fingerprint density at radius 3 is 2.85 bits per heavy atom. The average molecular weight is 278 g/mol. The van der Waals surface area contributed by atoms with Crippen LogP contribution in [0.4, 0.5) is 4.39 Å². The van der Waals surface area contributed by atoms with Gasteiger partial charge in [-0.15, -0.1) is 0 Å². The van der Waals surface area contributed by atoms with Crippen LogP contribution in [0.15, 0.2) is 18.3 Å². The number of rotatable bonds is 3. The van der Waals surface area contributed by atoms with Crippen molar-refractivity contribution in [1.82, 2.24) is 10.3 Å². The second-order valence-corrected chi connectivity index (χ2v) is 6.27. The fourth-order valence-corrected chi connectivity index (χ4v) is 3.16. The molecule has 3 nitrogen and oxygen atoms in total. The summed E-state index contributed by atoms with van der Waals surface area (Å²) in [5, 5.41) is 3.09. The molecule has 0 aliphatic heterocycles. The number of nitrogens with one attached hydrogen (secondary N) is 1. The number of hydrogen-bond acceptors (Lipinski definition) is 2. The van der Waals surface area contributed by atoms with E-state index in [0.29, 0.717) is 23.3 Å². The monoisotopic (exact) mass is 278 g/mol. The molecule has 1 saturated carbocycles. The van der Waals surface area contributed by atoms with Crippen LogP contribution < -0.4 is 5.32 Å². The normalized spacial score (nSPS) is 26.6. The van der Waals surface area contributed by atoms with Gasteiger partial charge in [-0.05, 0) is 36.7 Å². The number of pyridine rings is 1. The number of carbonyl (C=O) groups excluding carboxylic acids is 1. The number of hydrogen-bond donors (Lipinski definition) is 1. The number of nitrogens with zero attached hydrogens (tertiary/aromatic N) is 1. The van der Waals surface area contributed by atoms with Crippen molar-refractivity contribution in [2.24, 2.45) is 17.8 Å².